The van der Waals surface area contributed by atoms with E-state index in [9.17, 15) is 0 Å². The molecule has 0 fully saturated rings. The number of fused-ring (bicyclic) bond motifs is 3. The fourth-order valence-electron chi connectivity index (χ4n) is 2.61. The van der Waals surface area contributed by atoms with Gasteiger partial charge in [-0.15, -0.1) is 0 Å². The van der Waals surface area contributed by atoms with Crippen LogP contribution in [0.4, 0.5) is 0 Å². The van der Waals surface area contributed by atoms with Crippen molar-refractivity contribution in [2.24, 2.45) is 0 Å². The molecule has 1 aliphatic carbocycles. The van der Waals surface area contributed by atoms with E-state index in [1.165, 1.54) is 16.7 Å². The molecule has 0 amide bonds. The van der Waals surface area contributed by atoms with E-state index in [4.69, 9.17) is 0 Å². The van der Waals surface area contributed by atoms with E-state index in [0.29, 0.717) is 0 Å². The minimum atomic E-state index is 0.0249. The summed E-state index contributed by atoms with van der Waals surface area (Å²) in [6.45, 7) is 6.66. The van der Waals surface area contributed by atoms with Crippen LogP contribution in [0.5, 0.6) is 0 Å². The highest BCUT2D eigenvalue weighted by molar-refractivity contribution is 5.74. The Morgan fingerprint density at radius 2 is 1.88 bits per heavy atom. The van der Waals surface area contributed by atoms with Crippen LogP contribution in [-0.2, 0) is 11.8 Å². The molecule has 0 spiro atoms. The molecule has 3 rings (SSSR count). The zero-order chi connectivity index (χ0) is 12.0. The maximum Gasteiger partial charge on any atom is 0.0930 e. The molecule has 2 aromatic heterocycles. The largest absolute Gasteiger partial charge is 0.254 e. The summed E-state index contributed by atoms with van der Waals surface area (Å²) in [7, 11) is 0. The zero-order valence-electron chi connectivity index (χ0n) is 10.5. The highest BCUT2D eigenvalue weighted by Gasteiger charge is 2.37. The molecule has 0 saturated heterocycles. The summed E-state index contributed by atoms with van der Waals surface area (Å²) in [5, 5.41) is 0. The maximum atomic E-state index is 4.60. The predicted molar refractivity (Wildman–Crippen MR) is 69.0 cm³/mol. The van der Waals surface area contributed by atoms with Crippen LogP contribution in [0.15, 0.2) is 30.6 Å². The third-order valence-corrected chi connectivity index (χ3v) is 3.73. The molecule has 0 bridgehead atoms. The van der Waals surface area contributed by atoms with Gasteiger partial charge in [-0.25, -0.2) is 0 Å². The molecule has 0 atom stereocenters. The van der Waals surface area contributed by atoms with Gasteiger partial charge in [-0.05, 0) is 29.2 Å². The van der Waals surface area contributed by atoms with Gasteiger partial charge in [-0.2, -0.15) is 0 Å². The van der Waals surface area contributed by atoms with E-state index >= 15 is 0 Å². The van der Waals surface area contributed by atoms with Gasteiger partial charge in [0.25, 0.3) is 0 Å². The van der Waals surface area contributed by atoms with Gasteiger partial charge in [0.2, 0.25) is 0 Å². The maximum absolute atomic E-state index is 4.60. The molecule has 0 radical (unpaired) electrons. The summed E-state index contributed by atoms with van der Waals surface area (Å²) >= 11 is 0. The Morgan fingerprint density at radius 1 is 1.12 bits per heavy atom. The first kappa shape index (κ1) is 10.5. The third kappa shape index (κ3) is 1.33. The standard InChI is InChI=1S/C15H16N2/c1-4-10-8-12-14(17-9-10)13-11(15(12,2)3)6-5-7-16-13/h5-9H,4H2,1-3H3. The fourth-order valence-corrected chi connectivity index (χ4v) is 2.61. The molecule has 2 nitrogen and oxygen atoms in total. The monoisotopic (exact) mass is 224 g/mol. The third-order valence-electron chi connectivity index (χ3n) is 3.73. The second-order valence-electron chi connectivity index (χ2n) is 5.12. The Bertz CT molecular complexity index is 585. The van der Waals surface area contributed by atoms with Crippen molar-refractivity contribution in [1.82, 2.24) is 9.97 Å². The number of nitrogens with zero attached hydrogens (tertiary/aromatic N) is 2. The van der Waals surface area contributed by atoms with Crippen molar-refractivity contribution in [1.29, 1.82) is 0 Å². The van der Waals surface area contributed by atoms with Crippen molar-refractivity contribution in [3.63, 3.8) is 0 Å². The Kier molecular flexibility index (Phi) is 2.09. The molecule has 0 unspecified atom stereocenters. The molecular formula is C15H16N2. The molecule has 2 aromatic rings. The van der Waals surface area contributed by atoms with Crippen LogP contribution < -0.4 is 0 Å². The summed E-state index contributed by atoms with van der Waals surface area (Å²) in [6.07, 6.45) is 4.85. The molecule has 0 aromatic carbocycles. The molecule has 2 heterocycles. The lowest BCUT2D eigenvalue weighted by molar-refractivity contribution is 0.656. The highest BCUT2D eigenvalue weighted by Crippen LogP contribution is 2.46. The van der Waals surface area contributed by atoms with Crippen molar-refractivity contribution in [2.45, 2.75) is 32.6 Å². The van der Waals surface area contributed by atoms with Crippen LogP contribution in [0.25, 0.3) is 11.4 Å². The SMILES string of the molecule is CCc1cnc2c(c1)C(C)(C)c1cccnc1-2. The number of rotatable bonds is 1. The minimum Gasteiger partial charge on any atom is -0.254 e. The van der Waals surface area contributed by atoms with E-state index in [2.05, 4.69) is 42.9 Å². The first-order valence-corrected chi connectivity index (χ1v) is 6.10. The summed E-state index contributed by atoms with van der Waals surface area (Å²) in [4.78, 5) is 9.09. The summed E-state index contributed by atoms with van der Waals surface area (Å²) < 4.78 is 0. The minimum absolute atomic E-state index is 0.0249. The zero-order valence-corrected chi connectivity index (χ0v) is 10.5. The van der Waals surface area contributed by atoms with Gasteiger partial charge >= 0.3 is 0 Å². The lowest BCUT2D eigenvalue weighted by atomic mass is 9.83. The normalized spacial score (nSPS) is 15.5. The Morgan fingerprint density at radius 3 is 2.65 bits per heavy atom. The first-order chi connectivity index (χ1) is 8.14. The van der Waals surface area contributed by atoms with Crippen LogP contribution >= 0.6 is 0 Å². The second kappa shape index (κ2) is 3.39. The van der Waals surface area contributed by atoms with Crippen LogP contribution in [0, 0.1) is 0 Å². The molecule has 1 aliphatic rings. The van der Waals surface area contributed by atoms with E-state index in [1.54, 1.807) is 0 Å². The molecule has 0 aliphatic heterocycles. The Hall–Kier alpha value is -1.70. The van der Waals surface area contributed by atoms with Gasteiger partial charge in [0.15, 0.2) is 0 Å². The lowest BCUT2D eigenvalue weighted by Crippen LogP contribution is -2.15. The first-order valence-electron chi connectivity index (χ1n) is 6.10. The number of aromatic nitrogens is 2. The van der Waals surface area contributed by atoms with E-state index in [1.807, 2.05) is 18.5 Å². The van der Waals surface area contributed by atoms with Crippen molar-refractivity contribution in [2.75, 3.05) is 0 Å². The van der Waals surface area contributed by atoms with Crippen molar-refractivity contribution in [3.05, 3.63) is 47.3 Å². The molecule has 2 heteroatoms. The summed E-state index contributed by atoms with van der Waals surface area (Å²) in [5.41, 5.74) is 6.03. The number of hydrogen-bond acceptors (Lipinski definition) is 2. The van der Waals surface area contributed by atoms with Gasteiger partial charge in [0.05, 0.1) is 11.4 Å². The van der Waals surface area contributed by atoms with Crippen LogP contribution in [0.1, 0.15) is 37.5 Å². The van der Waals surface area contributed by atoms with Gasteiger partial charge < -0.3 is 0 Å². The van der Waals surface area contributed by atoms with Crippen molar-refractivity contribution < 1.29 is 0 Å². The van der Waals surface area contributed by atoms with Crippen molar-refractivity contribution in [3.8, 4) is 11.4 Å². The fraction of sp³-hybridized carbons (Fsp3) is 0.333. The van der Waals surface area contributed by atoms with Gasteiger partial charge in [0.1, 0.15) is 0 Å². The number of pyridine rings is 2. The molecule has 0 N–H and O–H groups in total. The quantitative estimate of drug-likeness (QED) is 0.742. The molecule has 17 heavy (non-hydrogen) atoms. The van der Waals surface area contributed by atoms with E-state index < -0.39 is 0 Å². The van der Waals surface area contributed by atoms with Gasteiger partial charge in [-0.1, -0.05) is 32.9 Å². The Balaban J connectivity index is 2.32. The van der Waals surface area contributed by atoms with Crippen LogP contribution in [0.3, 0.4) is 0 Å². The molecule has 86 valence electrons. The van der Waals surface area contributed by atoms with Crippen molar-refractivity contribution >= 4 is 0 Å². The molecule has 0 saturated carbocycles. The summed E-state index contributed by atoms with van der Waals surface area (Å²) in [6, 6.07) is 6.45. The van der Waals surface area contributed by atoms with E-state index in [-0.39, 0.29) is 5.41 Å². The molecular weight excluding hydrogens is 208 g/mol. The topological polar surface area (TPSA) is 25.8 Å². The average molecular weight is 224 g/mol. The van der Waals surface area contributed by atoms with Crippen LogP contribution in [0.2, 0.25) is 0 Å². The smallest absolute Gasteiger partial charge is 0.0930 e. The predicted octanol–water partition coefficient (Wildman–Crippen LogP) is 3.35. The van der Waals surface area contributed by atoms with E-state index in [0.717, 1.165) is 17.8 Å². The lowest BCUT2D eigenvalue weighted by Gasteiger charge is -2.20. The van der Waals surface area contributed by atoms with Gasteiger partial charge in [0, 0.05) is 17.8 Å². The highest BCUT2D eigenvalue weighted by atomic mass is 14.8. The second-order valence-corrected chi connectivity index (χ2v) is 5.12. The number of hydrogen-bond donors (Lipinski definition) is 0. The summed E-state index contributed by atoms with van der Waals surface area (Å²) in [5.74, 6) is 0. The Labute approximate surface area is 102 Å². The van der Waals surface area contributed by atoms with Crippen LogP contribution in [-0.4, -0.2) is 9.97 Å². The van der Waals surface area contributed by atoms with Gasteiger partial charge in [-0.3, -0.25) is 9.97 Å². The average Bonchev–Trinajstić information content (AvgIpc) is 2.59. The number of aryl methyl sites for hydroxylation is 1.